The highest BCUT2D eigenvalue weighted by Gasteiger charge is 2.23. The number of halogens is 2. The molecule has 1 N–H and O–H groups in total. The second kappa shape index (κ2) is 7.90. The molecule has 0 radical (unpaired) electrons. The van der Waals surface area contributed by atoms with Crippen LogP contribution < -0.4 is 10.1 Å². The second-order valence-electron chi connectivity index (χ2n) is 4.72. The maximum atomic E-state index is 11.9. The zero-order valence-electron chi connectivity index (χ0n) is 11.2. The lowest BCUT2D eigenvalue weighted by Gasteiger charge is -2.26. The quantitative estimate of drug-likeness (QED) is 0.723. The summed E-state index contributed by atoms with van der Waals surface area (Å²) in [5.41, 5.74) is 0.895. The van der Waals surface area contributed by atoms with E-state index in [-0.39, 0.29) is 11.4 Å². The van der Waals surface area contributed by atoms with Crippen LogP contribution in [0.3, 0.4) is 0 Å². The molecule has 0 spiro atoms. The van der Waals surface area contributed by atoms with Crippen LogP contribution in [0.4, 0.5) is 0 Å². The van der Waals surface area contributed by atoms with Crippen LogP contribution in [0.1, 0.15) is 18.9 Å². The van der Waals surface area contributed by atoms with E-state index in [1.165, 1.54) is 0 Å². The van der Waals surface area contributed by atoms with Gasteiger partial charge < -0.3 is 10.1 Å². The molecule has 19 heavy (non-hydrogen) atoms. The van der Waals surface area contributed by atoms with Crippen molar-refractivity contribution in [1.29, 1.82) is 0 Å². The van der Waals surface area contributed by atoms with Crippen molar-refractivity contribution in [2.45, 2.75) is 25.3 Å². The van der Waals surface area contributed by atoms with Crippen LogP contribution in [-0.4, -0.2) is 29.2 Å². The number of aryl methyl sites for hydroxylation is 1. The van der Waals surface area contributed by atoms with E-state index in [0.29, 0.717) is 6.42 Å². The fourth-order valence-electron chi connectivity index (χ4n) is 1.55. The van der Waals surface area contributed by atoms with Gasteiger partial charge in [-0.3, -0.25) is 4.79 Å². The predicted octanol–water partition coefficient (Wildman–Crippen LogP) is 3.29. The van der Waals surface area contributed by atoms with Gasteiger partial charge in [0.2, 0.25) is 5.91 Å². The number of amides is 1. The highest BCUT2D eigenvalue weighted by molar-refractivity contribution is 9.09. The number of hydrogen-bond acceptors (Lipinski definition) is 2. The molecule has 0 aliphatic carbocycles. The number of hydrogen-bond donors (Lipinski definition) is 1. The van der Waals surface area contributed by atoms with E-state index in [4.69, 9.17) is 4.74 Å². The van der Waals surface area contributed by atoms with Gasteiger partial charge in [0.05, 0.1) is 12.6 Å². The molecule has 3 nitrogen and oxygen atoms in total. The standard InChI is InChI=1S/C14H19Br2NO2/c1-14(9-15,10-16)17-13(18)8-5-11-3-6-12(19-2)7-4-11/h3-4,6-7H,5,8-10H2,1-2H3,(H,17,18). The fourth-order valence-corrected chi connectivity index (χ4v) is 2.76. The second-order valence-corrected chi connectivity index (χ2v) is 5.85. The van der Waals surface area contributed by atoms with Crippen molar-refractivity contribution < 1.29 is 9.53 Å². The molecule has 1 aromatic carbocycles. The summed E-state index contributed by atoms with van der Waals surface area (Å²) in [5, 5.41) is 4.47. The van der Waals surface area contributed by atoms with Crippen molar-refractivity contribution in [2.75, 3.05) is 17.8 Å². The summed E-state index contributed by atoms with van der Waals surface area (Å²) >= 11 is 6.83. The number of carbonyl (C=O) groups is 1. The maximum absolute atomic E-state index is 11.9. The molecule has 0 aliphatic rings. The molecule has 0 saturated carbocycles. The largest absolute Gasteiger partial charge is 0.497 e. The molecule has 0 heterocycles. The van der Waals surface area contributed by atoms with Gasteiger partial charge in [0.1, 0.15) is 5.75 Å². The van der Waals surface area contributed by atoms with E-state index in [1.807, 2.05) is 31.2 Å². The molecular weight excluding hydrogens is 374 g/mol. The SMILES string of the molecule is COc1ccc(CCC(=O)NC(C)(CBr)CBr)cc1. The van der Waals surface area contributed by atoms with E-state index in [9.17, 15) is 4.79 Å². The first-order valence-corrected chi connectivity index (χ1v) is 8.33. The van der Waals surface area contributed by atoms with Crippen LogP contribution in [0.5, 0.6) is 5.75 Å². The van der Waals surface area contributed by atoms with Gasteiger partial charge in [-0.15, -0.1) is 0 Å². The summed E-state index contributed by atoms with van der Waals surface area (Å²) in [6, 6.07) is 7.79. The molecule has 0 unspecified atom stereocenters. The van der Waals surface area contributed by atoms with Crippen molar-refractivity contribution >= 4 is 37.8 Å². The Balaban J connectivity index is 2.45. The Kier molecular flexibility index (Phi) is 6.86. The fraction of sp³-hybridized carbons (Fsp3) is 0.500. The lowest BCUT2D eigenvalue weighted by Crippen LogP contribution is -2.49. The van der Waals surface area contributed by atoms with E-state index >= 15 is 0 Å². The van der Waals surface area contributed by atoms with Crippen LogP contribution in [0.25, 0.3) is 0 Å². The molecule has 0 aromatic heterocycles. The van der Waals surface area contributed by atoms with Crippen LogP contribution >= 0.6 is 31.9 Å². The van der Waals surface area contributed by atoms with Crippen molar-refractivity contribution in [2.24, 2.45) is 0 Å². The van der Waals surface area contributed by atoms with Gasteiger partial charge in [-0.05, 0) is 31.0 Å². The van der Waals surface area contributed by atoms with E-state index in [2.05, 4.69) is 37.2 Å². The third-order valence-corrected chi connectivity index (χ3v) is 5.31. The van der Waals surface area contributed by atoms with Crippen molar-refractivity contribution in [1.82, 2.24) is 5.32 Å². The minimum Gasteiger partial charge on any atom is -0.497 e. The molecule has 1 amide bonds. The normalized spacial score (nSPS) is 11.2. The summed E-state index contributed by atoms with van der Waals surface area (Å²) in [5.74, 6) is 0.900. The van der Waals surface area contributed by atoms with E-state index in [1.54, 1.807) is 7.11 Å². The Morgan fingerprint density at radius 3 is 2.32 bits per heavy atom. The first-order chi connectivity index (χ1) is 9.03. The Labute approximate surface area is 131 Å². The maximum Gasteiger partial charge on any atom is 0.220 e. The highest BCUT2D eigenvalue weighted by Crippen LogP contribution is 2.14. The van der Waals surface area contributed by atoms with Gasteiger partial charge in [-0.25, -0.2) is 0 Å². The topological polar surface area (TPSA) is 38.3 Å². The van der Waals surface area contributed by atoms with Crippen LogP contribution in [-0.2, 0) is 11.2 Å². The van der Waals surface area contributed by atoms with Gasteiger partial charge in [0, 0.05) is 17.1 Å². The summed E-state index contributed by atoms with van der Waals surface area (Å²) in [4.78, 5) is 11.9. The zero-order chi connectivity index (χ0) is 14.3. The Bertz CT molecular complexity index is 402. The first kappa shape index (κ1) is 16.5. The first-order valence-electron chi connectivity index (χ1n) is 6.09. The van der Waals surface area contributed by atoms with Gasteiger partial charge in [0.15, 0.2) is 0 Å². The number of methoxy groups -OCH3 is 1. The predicted molar refractivity (Wildman–Crippen MR) is 85.5 cm³/mol. The van der Waals surface area contributed by atoms with Crippen molar-refractivity contribution in [3.63, 3.8) is 0 Å². The molecule has 106 valence electrons. The monoisotopic (exact) mass is 391 g/mol. The Hall–Kier alpha value is -0.550. The summed E-state index contributed by atoms with van der Waals surface area (Å²) in [7, 11) is 1.64. The van der Waals surface area contributed by atoms with Crippen molar-refractivity contribution in [3.8, 4) is 5.75 Å². The Morgan fingerprint density at radius 1 is 1.26 bits per heavy atom. The number of ether oxygens (including phenoxy) is 1. The number of nitrogens with one attached hydrogen (secondary N) is 1. The third-order valence-electron chi connectivity index (χ3n) is 2.83. The lowest BCUT2D eigenvalue weighted by molar-refractivity contribution is -0.122. The summed E-state index contributed by atoms with van der Waals surface area (Å²) < 4.78 is 5.10. The summed E-state index contributed by atoms with van der Waals surface area (Å²) in [6.07, 6.45) is 1.22. The van der Waals surface area contributed by atoms with Gasteiger partial charge >= 0.3 is 0 Å². The van der Waals surface area contributed by atoms with Gasteiger partial charge in [0.25, 0.3) is 0 Å². The molecule has 0 atom stereocenters. The number of benzene rings is 1. The molecule has 0 bridgehead atoms. The van der Waals surface area contributed by atoms with Crippen LogP contribution in [0, 0.1) is 0 Å². The number of rotatable bonds is 7. The minimum absolute atomic E-state index is 0.0669. The molecule has 1 rings (SSSR count). The number of alkyl halides is 2. The molecule has 0 saturated heterocycles. The van der Waals surface area contributed by atoms with E-state index in [0.717, 1.165) is 28.4 Å². The molecule has 5 heteroatoms. The molecule has 1 aromatic rings. The molecular formula is C14H19Br2NO2. The molecule has 0 aliphatic heterocycles. The van der Waals surface area contributed by atoms with Crippen LogP contribution in [0.2, 0.25) is 0 Å². The zero-order valence-corrected chi connectivity index (χ0v) is 14.4. The minimum atomic E-state index is -0.239. The smallest absolute Gasteiger partial charge is 0.220 e. The highest BCUT2D eigenvalue weighted by atomic mass is 79.9. The van der Waals surface area contributed by atoms with Crippen LogP contribution in [0.15, 0.2) is 24.3 Å². The Morgan fingerprint density at radius 2 is 1.84 bits per heavy atom. The molecule has 0 fully saturated rings. The van der Waals surface area contributed by atoms with E-state index < -0.39 is 0 Å². The third kappa shape index (κ3) is 5.53. The van der Waals surface area contributed by atoms with Gasteiger partial charge in [-0.1, -0.05) is 44.0 Å². The lowest BCUT2D eigenvalue weighted by atomic mass is 10.1. The van der Waals surface area contributed by atoms with Gasteiger partial charge in [-0.2, -0.15) is 0 Å². The number of carbonyl (C=O) groups excluding carboxylic acids is 1. The summed E-state index contributed by atoms with van der Waals surface area (Å²) in [6.45, 7) is 2.00. The van der Waals surface area contributed by atoms with Crippen molar-refractivity contribution in [3.05, 3.63) is 29.8 Å². The average Bonchev–Trinajstić information content (AvgIpc) is 2.45. The average molecular weight is 393 g/mol.